The monoisotopic (exact) mass is 298 g/mol. The number of rotatable bonds is 6. The molecule has 0 aromatic heterocycles. The predicted molar refractivity (Wildman–Crippen MR) is 83.9 cm³/mol. The molecule has 2 rings (SSSR count). The van der Waals surface area contributed by atoms with Gasteiger partial charge in [-0.2, -0.15) is 5.26 Å². The van der Waals surface area contributed by atoms with E-state index in [0.717, 1.165) is 32.1 Å². The minimum Gasteiger partial charge on any atom is -0.550 e. The van der Waals surface area contributed by atoms with E-state index in [1.807, 2.05) is 12.1 Å². The first-order valence-corrected chi connectivity index (χ1v) is 8.36. The highest BCUT2D eigenvalue weighted by Crippen LogP contribution is 2.40. The Morgan fingerprint density at radius 3 is 2.41 bits per heavy atom. The number of carbonyl (C=O) groups excluding carboxylic acids is 1. The fraction of sp³-hybridized carbons (Fsp3) is 0.579. The lowest BCUT2D eigenvalue weighted by Crippen LogP contribution is -2.34. The predicted octanol–water partition coefficient (Wildman–Crippen LogP) is 3.39. The van der Waals surface area contributed by atoms with E-state index in [2.05, 4.69) is 25.1 Å². The van der Waals surface area contributed by atoms with Gasteiger partial charge in [-0.05, 0) is 67.6 Å². The van der Waals surface area contributed by atoms with E-state index in [1.54, 1.807) is 0 Å². The molecule has 1 unspecified atom stereocenters. The summed E-state index contributed by atoms with van der Waals surface area (Å²) < 4.78 is 0. The Labute approximate surface area is 133 Å². The fourth-order valence-electron chi connectivity index (χ4n) is 3.66. The molecule has 0 amide bonds. The van der Waals surface area contributed by atoms with E-state index < -0.39 is 5.97 Å². The van der Waals surface area contributed by atoms with Crippen LogP contribution in [0.1, 0.15) is 68.9 Å². The van der Waals surface area contributed by atoms with Crippen molar-refractivity contribution in [1.82, 2.24) is 0 Å². The number of carboxylic acids is 1. The summed E-state index contributed by atoms with van der Waals surface area (Å²) in [5, 5.41) is 19.9. The average molecular weight is 298 g/mol. The number of unbranched alkanes of at least 4 members (excludes halogenated alkanes) is 1. The van der Waals surface area contributed by atoms with Crippen LogP contribution in [0.2, 0.25) is 0 Å². The molecule has 0 radical (unpaired) electrons. The van der Waals surface area contributed by atoms with Crippen molar-refractivity contribution >= 4 is 5.97 Å². The van der Waals surface area contributed by atoms with E-state index in [9.17, 15) is 9.90 Å². The summed E-state index contributed by atoms with van der Waals surface area (Å²) >= 11 is 0. The number of carboxylic acid groups (broad SMARTS) is 1. The van der Waals surface area contributed by atoms with E-state index in [-0.39, 0.29) is 5.92 Å². The zero-order chi connectivity index (χ0) is 15.9. The molecule has 1 atom stereocenters. The number of aliphatic carboxylic acids is 1. The van der Waals surface area contributed by atoms with Gasteiger partial charge in [0.15, 0.2) is 0 Å². The first kappa shape index (κ1) is 16.5. The maximum Gasteiger partial charge on any atom is 0.0991 e. The van der Waals surface area contributed by atoms with Gasteiger partial charge in [-0.25, -0.2) is 0 Å². The van der Waals surface area contributed by atoms with Crippen molar-refractivity contribution in [3.05, 3.63) is 35.4 Å². The normalized spacial score (nSPS) is 22.7. The number of nitriles is 1. The largest absolute Gasteiger partial charge is 0.550 e. The Morgan fingerprint density at radius 1 is 1.27 bits per heavy atom. The highest BCUT2D eigenvalue weighted by Gasteiger charge is 2.28. The van der Waals surface area contributed by atoms with Gasteiger partial charge in [0.05, 0.1) is 11.6 Å². The molecule has 1 saturated carbocycles. The van der Waals surface area contributed by atoms with Gasteiger partial charge in [0, 0.05) is 5.97 Å². The molecule has 118 valence electrons. The minimum absolute atomic E-state index is 0.260. The zero-order valence-electron chi connectivity index (χ0n) is 13.3. The molecule has 1 aromatic rings. The lowest BCUT2D eigenvalue weighted by molar-refractivity contribution is -0.312. The molecule has 1 aromatic carbocycles. The van der Waals surface area contributed by atoms with Crippen molar-refractivity contribution in [1.29, 1.82) is 5.26 Å². The number of hydrogen-bond donors (Lipinski definition) is 0. The lowest BCUT2D eigenvalue weighted by Gasteiger charge is -2.34. The van der Waals surface area contributed by atoms with Crippen LogP contribution in [-0.4, -0.2) is 5.97 Å². The molecule has 0 spiro atoms. The third-order valence-electron chi connectivity index (χ3n) is 5.01. The zero-order valence-corrected chi connectivity index (χ0v) is 13.3. The van der Waals surface area contributed by atoms with Crippen molar-refractivity contribution in [3.63, 3.8) is 0 Å². The molecular formula is C19H24NO2-. The van der Waals surface area contributed by atoms with Crippen molar-refractivity contribution in [2.24, 2.45) is 11.8 Å². The molecule has 3 heteroatoms. The summed E-state index contributed by atoms with van der Waals surface area (Å²) in [5.41, 5.74) is 1.99. The number of nitrogens with zero attached hydrogens (tertiary/aromatic N) is 1. The van der Waals surface area contributed by atoms with Crippen LogP contribution in [0, 0.1) is 23.2 Å². The summed E-state index contributed by atoms with van der Waals surface area (Å²) in [6, 6.07) is 10.1. The third-order valence-corrected chi connectivity index (χ3v) is 5.01. The Balaban J connectivity index is 2.09. The van der Waals surface area contributed by atoms with Crippen molar-refractivity contribution < 1.29 is 9.90 Å². The molecule has 3 nitrogen and oxygen atoms in total. The molecule has 1 fully saturated rings. The van der Waals surface area contributed by atoms with Gasteiger partial charge in [-0.3, -0.25) is 0 Å². The maximum atomic E-state index is 11.0. The molecule has 22 heavy (non-hydrogen) atoms. The van der Waals surface area contributed by atoms with Gasteiger partial charge in [-0.15, -0.1) is 0 Å². The molecular weight excluding hydrogens is 274 g/mol. The highest BCUT2D eigenvalue weighted by atomic mass is 16.4. The van der Waals surface area contributed by atoms with E-state index in [1.165, 1.54) is 18.4 Å². The van der Waals surface area contributed by atoms with Crippen LogP contribution in [0.15, 0.2) is 24.3 Å². The second-order valence-corrected chi connectivity index (χ2v) is 6.41. The van der Waals surface area contributed by atoms with Crippen LogP contribution >= 0.6 is 0 Å². The molecule has 0 saturated heterocycles. The summed E-state index contributed by atoms with van der Waals surface area (Å²) in [7, 11) is 0. The topological polar surface area (TPSA) is 63.9 Å². The van der Waals surface area contributed by atoms with E-state index >= 15 is 0 Å². The summed E-state index contributed by atoms with van der Waals surface area (Å²) in [4.78, 5) is 11.0. The molecule has 1 aliphatic carbocycles. The Kier molecular flexibility index (Phi) is 6.00. The third kappa shape index (κ3) is 4.10. The number of hydrogen-bond acceptors (Lipinski definition) is 3. The molecule has 0 heterocycles. The summed E-state index contributed by atoms with van der Waals surface area (Å²) in [5.74, 6) is -0.114. The van der Waals surface area contributed by atoms with Gasteiger partial charge in [-0.1, -0.05) is 31.9 Å². The first-order valence-electron chi connectivity index (χ1n) is 8.36. The summed E-state index contributed by atoms with van der Waals surface area (Å²) in [6.07, 6.45) is 6.91. The SMILES string of the molecule is CCCCC(c1ccc(C#N)cc1)C1CCC(C(=O)[O-])CC1. The Morgan fingerprint density at radius 2 is 1.91 bits per heavy atom. The lowest BCUT2D eigenvalue weighted by atomic mass is 9.72. The minimum atomic E-state index is -0.887. The standard InChI is InChI=1S/C19H25NO2/c1-2-3-4-18(15-7-5-14(13-20)6-8-15)16-9-11-17(12-10-16)19(21)22/h5-8,16-18H,2-4,9-12H2,1H3,(H,21,22)/p-1. The van der Waals surface area contributed by atoms with Gasteiger partial charge in [0.1, 0.15) is 0 Å². The highest BCUT2D eigenvalue weighted by molar-refractivity contribution is 5.67. The Bertz CT molecular complexity index is 521. The van der Waals surface area contributed by atoms with Crippen molar-refractivity contribution in [2.45, 2.75) is 57.8 Å². The Hall–Kier alpha value is -1.82. The second-order valence-electron chi connectivity index (χ2n) is 6.41. The molecule has 0 bridgehead atoms. The number of benzene rings is 1. The number of carbonyl (C=O) groups is 1. The van der Waals surface area contributed by atoms with Gasteiger partial charge < -0.3 is 9.90 Å². The van der Waals surface area contributed by atoms with Crippen molar-refractivity contribution in [2.75, 3.05) is 0 Å². The second kappa shape index (κ2) is 7.98. The molecule has 1 aliphatic rings. The van der Waals surface area contributed by atoms with Crippen LogP contribution in [-0.2, 0) is 4.79 Å². The van der Waals surface area contributed by atoms with Gasteiger partial charge >= 0.3 is 0 Å². The van der Waals surface area contributed by atoms with Crippen LogP contribution < -0.4 is 5.11 Å². The van der Waals surface area contributed by atoms with E-state index in [4.69, 9.17) is 5.26 Å². The smallest absolute Gasteiger partial charge is 0.0991 e. The molecule has 0 N–H and O–H groups in total. The maximum absolute atomic E-state index is 11.0. The quantitative estimate of drug-likeness (QED) is 0.808. The van der Waals surface area contributed by atoms with Crippen LogP contribution in [0.4, 0.5) is 0 Å². The van der Waals surface area contributed by atoms with Crippen molar-refractivity contribution in [3.8, 4) is 6.07 Å². The van der Waals surface area contributed by atoms with Gasteiger partial charge in [0.2, 0.25) is 0 Å². The van der Waals surface area contributed by atoms with E-state index in [0.29, 0.717) is 17.4 Å². The van der Waals surface area contributed by atoms with Gasteiger partial charge in [0.25, 0.3) is 0 Å². The van der Waals surface area contributed by atoms with Crippen LogP contribution in [0.3, 0.4) is 0 Å². The first-order chi connectivity index (χ1) is 10.7. The van der Waals surface area contributed by atoms with Crippen LogP contribution in [0.5, 0.6) is 0 Å². The van der Waals surface area contributed by atoms with Crippen LogP contribution in [0.25, 0.3) is 0 Å². The molecule has 0 aliphatic heterocycles. The average Bonchev–Trinajstić information content (AvgIpc) is 2.56. The summed E-state index contributed by atoms with van der Waals surface area (Å²) in [6.45, 7) is 2.20. The fourth-order valence-corrected chi connectivity index (χ4v) is 3.66.